The second-order valence-corrected chi connectivity index (χ2v) is 5.44. The van der Waals surface area contributed by atoms with Gasteiger partial charge < -0.3 is 23.7 Å². The fraction of sp³-hybridized carbons (Fsp3) is 0.0769. The summed E-state index contributed by atoms with van der Waals surface area (Å²) in [6.45, 7) is 0. The first-order chi connectivity index (χ1) is 9.10. The van der Waals surface area contributed by atoms with Gasteiger partial charge >= 0.3 is 0 Å². The Morgan fingerprint density at radius 3 is 2.53 bits per heavy atom. The summed E-state index contributed by atoms with van der Waals surface area (Å²) in [7, 11) is 0. The van der Waals surface area contributed by atoms with Crippen LogP contribution in [-0.2, 0) is 12.6 Å². The number of hydrogen-bond acceptors (Lipinski definition) is 5. The highest BCUT2D eigenvalue weighted by molar-refractivity contribution is 14.1. The number of benzene rings is 1. The molecule has 0 saturated heterocycles. The summed E-state index contributed by atoms with van der Waals surface area (Å²) in [6, 6.07) is 11.6. The molecule has 1 aromatic rings. The number of hydrogen-bond donors (Lipinski definition) is 2. The van der Waals surface area contributed by atoms with Gasteiger partial charge in [-0.25, -0.2) is 0 Å². The van der Waals surface area contributed by atoms with E-state index in [9.17, 15) is 10.5 Å². The van der Waals surface area contributed by atoms with E-state index in [4.69, 9.17) is 18.4 Å². The van der Waals surface area contributed by atoms with Gasteiger partial charge in [-0.1, -0.05) is 23.6 Å². The van der Waals surface area contributed by atoms with E-state index in [2.05, 4.69) is 34.0 Å². The zero-order valence-electron chi connectivity index (χ0n) is 9.64. The van der Waals surface area contributed by atoms with Crippen molar-refractivity contribution in [1.29, 1.82) is 10.5 Å². The van der Waals surface area contributed by atoms with Crippen LogP contribution in [0.1, 0.15) is 5.56 Å². The first-order valence-corrected chi connectivity index (χ1v) is 6.87. The van der Waals surface area contributed by atoms with Crippen LogP contribution in [-0.4, -0.2) is 5.37 Å². The van der Waals surface area contributed by atoms with Crippen LogP contribution in [0.4, 0.5) is 0 Å². The van der Waals surface area contributed by atoms with E-state index in [0.29, 0.717) is 11.1 Å². The number of rotatable bonds is 1. The van der Waals surface area contributed by atoms with Crippen LogP contribution >= 0.6 is 22.6 Å². The van der Waals surface area contributed by atoms with Gasteiger partial charge in [-0.15, -0.1) is 0 Å². The molecule has 2 rings (SSSR count). The van der Waals surface area contributed by atoms with Gasteiger partial charge in [0.25, 0.3) is 0 Å². The standard InChI is InChI=1S/C13H9IN4S/c14-10-4-2-1-3-7(10)11-8(5-15)12(17)18-13(19)9(11)6-16/h1-4,13,18-19H,17H2/p-1/t13-/m0/s1. The molecule has 1 aliphatic heterocycles. The first kappa shape index (κ1) is 13.8. The predicted octanol–water partition coefficient (Wildman–Crippen LogP) is 1.74. The summed E-state index contributed by atoms with van der Waals surface area (Å²) in [5, 5.41) is 20.7. The minimum Gasteiger partial charge on any atom is -0.763 e. The van der Waals surface area contributed by atoms with Crippen LogP contribution < -0.4 is 11.1 Å². The fourth-order valence-corrected chi connectivity index (χ4v) is 2.81. The lowest BCUT2D eigenvalue weighted by Gasteiger charge is -2.32. The second-order valence-electron chi connectivity index (χ2n) is 3.81. The molecule has 0 aromatic heterocycles. The molecule has 0 amide bonds. The molecule has 0 spiro atoms. The Morgan fingerprint density at radius 1 is 1.26 bits per heavy atom. The van der Waals surface area contributed by atoms with Gasteiger partial charge in [0.15, 0.2) is 0 Å². The van der Waals surface area contributed by atoms with Gasteiger partial charge in [0.2, 0.25) is 0 Å². The minimum atomic E-state index is -0.617. The maximum Gasteiger partial charge on any atom is 0.114 e. The molecule has 0 fully saturated rings. The van der Waals surface area contributed by atoms with Crippen molar-refractivity contribution >= 4 is 40.8 Å². The van der Waals surface area contributed by atoms with Crippen molar-refractivity contribution in [1.82, 2.24) is 5.32 Å². The Morgan fingerprint density at radius 2 is 1.95 bits per heavy atom. The zero-order valence-corrected chi connectivity index (χ0v) is 12.6. The van der Waals surface area contributed by atoms with Crippen molar-refractivity contribution in [2.24, 2.45) is 5.73 Å². The van der Waals surface area contributed by atoms with Crippen LogP contribution in [0.25, 0.3) is 5.57 Å². The summed E-state index contributed by atoms with van der Waals surface area (Å²) in [5.41, 5.74) is 7.76. The maximum atomic E-state index is 9.29. The van der Waals surface area contributed by atoms with Gasteiger partial charge in [0.1, 0.15) is 17.5 Å². The zero-order chi connectivity index (χ0) is 14.0. The van der Waals surface area contributed by atoms with Crippen LogP contribution in [0.2, 0.25) is 0 Å². The Hall–Kier alpha value is -1.64. The van der Waals surface area contributed by atoms with Crippen LogP contribution in [0.15, 0.2) is 41.2 Å². The van der Waals surface area contributed by atoms with Gasteiger partial charge in [0.05, 0.1) is 6.07 Å². The number of dihydropyridines is 1. The minimum absolute atomic E-state index is 0.219. The fourth-order valence-electron chi connectivity index (χ4n) is 1.86. The van der Waals surface area contributed by atoms with Crippen molar-refractivity contribution in [2.75, 3.05) is 0 Å². The Balaban J connectivity index is 2.79. The highest BCUT2D eigenvalue weighted by Crippen LogP contribution is 2.34. The van der Waals surface area contributed by atoms with Crippen molar-refractivity contribution in [2.45, 2.75) is 5.37 Å². The van der Waals surface area contributed by atoms with Gasteiger partial charge in [-0.3, -0.25) is 0 Å². The normalized spacial score (nSPS) is 18.6. The quantitative estimate of drug-likeness (QED) is 0.574. The highest BCUT2D eigenvalue weighted by atomic mass is 127. The van der Waals surface area contributed by atoms with E-state index >= 15 is 0 Å². The lowest BCUT2D eigenvalue weighted by molar-refractivity contribution is 0.808. The van der Waals surface area contributed by atoms with E-state index in [1.807, 2.05) is 30.3 Å². The smallest absolute Gasteiger partial charge is 0.114 e. The van der Waals surface area contributed by atoms with Crippen LogP contribution in [0.3, 0.4) is 0 Å². The van der Waals surface area contributed by atoms with E-state index in [1.165, 1.54) is 0 Å². The third-order valence-electron chi connectivity index (χ3n) is 2.71. The molecule has 94 valence electrons. The molecule has 3 N–H and O–H groups in total. The third kappa shape index (κ3) is 2.42. The summed E-state index contributed by atoms with van der Waals surface area (Å²) in [4.78, 5) is 0. The molecule has 1 aliphatic rings. The number of nitrogens with two attached hydrogens (primary N) is 1. The molecule has 4 nitrogen and oxygen atoms in total. The average Bonchev–Trinajstić information content (AvgIpc) is 2.38. The number of allylic oxidation sites excluding steroid dienone is 2. The van der Waals surface area contributed by atoms with E-state index in [-0.39, 0.29) is 11.4 Å². The molecular weight excluding hydrogens is 371 g/mol. The van der Waals surface area contributed by atoms with Crippen molar-refractivity contribution in [3.8, 4) is 12.1 Å². The van der Waals surface area contributed by atoms with Gasteiger partial charge in [-0.2, -0.15) is 10.5 Å². The van der Waals surface area contributed by atoms with E-state index in [0.717, 1.165) is 9.13 Å². The molecule has 0 bridgehead atoms. The summed E-state index contributed by atoms with van der Waals surface area (Å²) >= 11 is 7.35. The molecule has 6 heteroatoms. The van der Waals surface area contributed by atoms with Crippen LogP contribution in [0, 0.1) is 26.2 Å². The average molecular weight is 379 g/mol. The molecule has 0 saturated carbocycles. The Kier molecular flexibility index (Phi) is 4.03. The lowest BCUT2D eigenvalue weighted by Crippen LogP contribution is -2.36. The molecule has 0 unspecified atom stereocenters. The Labute approximate surface area is 130 Å². The molecule has 19 heavy (non-hydrogen) atoms. The van der Waals surface area contributed by atoms with Crippen molar-refractivity contribution in [3.05, 3.63) is 50.4 Å². The Bertz CT molecular complexity index is 679. The number of nitrogens with zero attached hydrogens (tertiary/aromatic N) is 2. The lowest BCUT2D eigenvalue weighted by atomic mass is 9.91. The maximum absolute atomic E-state index is 9.29. The largest absolute Gasteiger partial charge is 0.763 e. The monoisotopic (exact) mass is 379 g/mol. The number of nitriles is 2. The topological polar surface area (TPSA) is 85.6 Å². The molecule has 0 aliphatic carbocycles. The summed E-state index contributed by atoms with van der Waals surface area (Å²) in [5.74, 6) is 0.219. The summed E-state index contributed by atoms with van der Waals surface area (Å²) in [6.07, 6.45) is 0. The van der Waals surface area contributed by atoms with Crippen molar-refractivity contribution < 1.29 is 0 Å². The van der Waals surface area contributed by atoms with Crippen LogP contribution in [0.5, 0.6) is 0 Å². The summed E-state index contributed by atoms with van der Waals surface area (Å²) < 4.78 is 0.938. The van der Waals surface area contributed by atoms with Crippen molar-refractivity contribution in [3.63, 3.8) is 0 Å². The third-order valence-corrected chi connectivity index (χ3v) is 4.01. The van der Waals surface area contributed by atoms with Gasteiger partial charge in [-0.05, 0) is 34.2 Å². The molecule has 1 aromatic carbocycles. The van der Waals surface area contributed by atoms with Gasteiger partial charge in [0, 0.05) is 14.7 Å². The molecular formula is C13H8IN4S-. The molecule has 1 atom stereocenters. The molecule has 1 heterocycles. The number of halogens is 1. The second kappa shape index (κ2) is 5.55. The molecule has 0 radical (unpaired) electrons. The van der Waals surface area contributed by atoms with E-state index in [1.54, 1.807) is 0 Å². The predicted molar refractivity (Wildman–Crippen MR) is 82.8 cm³/mol. The van der Waals surface area contributed by atoms with E-state index < -0.39 is 5.37 Å². The highest BCUT2D eigenvalue weighted by Gasteiger charge is 2.24. The number of nitrogens with one attached hydrogen (secondary N) is 1. The SMILES string of the molecule is N#CC1=C(N)N[C@@H]([S-])C(C#N)=C1c1ccccc1I. The first-order valence-electron chi connectivity index (χ1n) is 5.32.